The van der Waals surface area contributed by atoms with Crippen LogP contribution in [0.4, 0.5) is 0 Å². The lowest BCUT2D eigenvalue weighted by molar-refractivity contribution is -0.137. The molecule has 14 heavy (non-hydrogen) atoms. The van der Waals surface area contributed by atoms with Crippen LogP contribution in [0, 0.1) is 5.41 Å². The van der Waals surface area contributed by atoms with Gasteiger partial charge in [0.15, 0.2) is 0 Å². The Balaban J connectivity index is 0.00000112. The third kappa shape index (κ3) is 1.65. The van der Waals surface area contributed by atoms with Gasteiger partial charge < -0.3 is 10.2 Å². The third-order valence-electron chi connectivity index (χ3n) is 3.70. The molecule has 2 rings (SSSR count). The lowest BCUT2D eigenvalue weighted by Gasteiger charge is -2.43. The van der Waals surface area contributed by atoms with Gasteiger partial charge in [0.2, 0.25) is 5.91 Å². The molecule has 1 unspecified atom stereocenters. The zero-order chi connectivity index (χ0) is 10.0. The van der Waals surface area contributed by atoms with Gasteiger partial charge in [0.25, 0.3) is 0 Å². The van der Waals surface area contributed by atoms with Gasteiger partial charge in [-0.15, -0.1) is 0 Å². The maximum absolute atomic E-state index is 11.9. The van der Waals surface area contributed by atoms with Gasteiger partial charge in [0, 0.05) is 14.5 Å². The first-order chi connectivity index (χ1) is 6.77. The summed E-state index contributed by atoms with van der Waals surface area (Å²) < 4.78 is 0. The largest absolute Gasteiger partial charge is 0.356 e. The molecule has 0 saturated carbocycles. The van der Waals surface area contributed by atoms with Crippen molar-refractivity contribution < 1.29 is 6.22 Å². The Morgan fingerprint density at radius 2 is 2.29 bits per heavy atom. The van der Waals surface area contributed by atoms with E-state index in [4.69, 9.17) is 0 Å². The van der Waals surface area contributed by atoms with Crippen molar-refractivity contribution in [1.82, 2.24) is 10.2 Å². The fourth-order valence-corrected chi connectivity index (χ4v) is 2.82. The molecule has 2 fully saturated rings. The second-order valence-electron chi connectivity index (χ2n) is 4.61. The lowest BCUT2D eigenvalue weighted by Crippen LogP contribution is -2.54. The molecule has 2 saturated heterocycles. The molecule has 2 aliphatic rings. The van der Waals surface area contributed by atoms with Crippen LogP contribution < -0.4 is 5.32 Å². The number of nitrogens with one attached hydrogen (secondary N) is 1. The van der Waals surface area contributed by atoms with Gasteiger partial charge in [0.05, 0.1) is 5.41 Å². The van der Waals surface area contributed by atoms with Crippen LogP contribution in [0.25, 0.3) is 0 Å². The summed E-state index contributed by atoms with van der Waals surface area (Å²) in [5, 5.41) is 3.02. The summed E-state index contributed by atoms with van der Waals surface area (Å²) in [6.07, 6.45) is 4.52. The predicted molar refractivity (Wildman–Crippen MR) is 58.1 cm³/mol. The van der Waals surface area contributed by atoms with Gasteiger partial charge in [-0.25, -0.2) is 0 Å². The molecule has 1 spiro atoms. The Morgan fingerprint density at radius 3 is 3.00 bits per heavy atom. The van der Waals surface area contributed by atoms with Crippen molar-refractivity contribution in [3.05, 3.63) is 0 Å². The number of amides is 1. The summed E-state index contributed by atoms with van der Waals surface area (Å²) >= 11 is 0. The van der Waals surface area contributed by atoms with E-state index in [9.17, 15) is 4.79 Å². The van der Waals surface area contributed by atoms with Crippen LogP contribution in [0.15, 0.2) is 0 Å². The Bertz CT molecular complexity index is 231. The highest BCUT2D eigenvalue weighted by molar-refractivity contribution is 5.83. The minimum Gasteiger partial charge on any atom is -0.356 e. The highest BCUT2D eigenvalue weighted by Crippen LogP contribution is 2.36. The summed E-state index contributed by atoms with van der Waals surface area (Å²) in [5.41, 5.74) is -0.0352. The Morgan fingerprint density at radius 1 is 1.50 bits per heavy atom. The molecule has 82 valence electrons. The molecule has 0 aromatic heterocycles. The number of rotatable bonds is 1. The molecule has 0 bridgehead atoms. The van der Waals surface area contributed by atoms with Gasteiger partial charge in [-0.2, -0.15) is 0 Å². The maximum Gasteiger partial charge on any atom is 0.227 e. The van der Waals surface area contributed by atoms with Gasteiger partial charge in [-0.1, -0.05) is 6.92 Å². The number of nitrogens with zero attached hydrogens (tertiary/aromatic N) is 1. The molecule has 3 nitrogen and oxygen atoms in total. The molecule has 0 radical (unpaired) electrons. The summed E-state index contributed by atoms with van der Waals surface area (Å²) in [6, 6.07) is 0. The van der Waals surface area contributed by atoms with Crippen molar-refractivity contribution in [3.8, 4) is 0 Å². The van der Waals surface area contributed by atoms with E-state index in [1.54, 1.807) is 0 Å². The normalized spacial score (nSPS) is 34.5. The Kier molecular flexibility index (Phi) is 2.77. The number of hydrogen-bond acceptors (Lipinski definition) is 2. The van der Waals surface area contributed by atoms with Crippen LogP contribution in [0.1, 0.15) is 34.0 Å². The van der Waals surface area contributed by atoms with Gasteiger partial charge in [-0.3, -0.25) is 4.79 Å². The van der Waals surface area contributed by atoms with Crippen molar-refractivity contribution in [1.29, 1.82) is 0 Å². The van der Waals surface area contributed by atoms with E-state index in [1.807, 2.05) is 0 Å². The number of carbonyl (C=O) groups excluding carboxylic acids is 1. The first-order valence-electron chi connectivity index (χ1n) is 5.77. The van der Waals surface area contributed by atoms with E-state index in [2.05, 4.69) is 17.1 Å². The van der Waals surface area contributed by atoms with E-state index < -0.39 is 0 Å². The van der Waals surface area contributed by atoms with E-state index in [0.29, 0.717) is 5.91 Å². The van der Waals surface area contributed by atoms with Gasteiger partial charge in [0.1, 0.15) is 0 Å². The summed E-state index contributed by atoms with van der Waals surface area (Å²) in [4.78, 5) is 14.3. The van der Waals surface area contributed by atoms with Crippen LogP contribution in [0.5, 0.6) is 0 Å². The fraction of sp³-hybridized carbons (Fsp3) is 0.909. The number of hydrogen-bond donors (Lipinski definition) is 1. The molecule has 3 heteroatoms. The molecule has 1 N–H and O–H groups in total. The second-order valence-corrected chi connectivity index (χ2v) is 4.61. The molecular weight excluding hydrogens is 176 g/mol. The maximum atomic E-state index is 11.9. The van der Waals surface area contributed by atoms with E-state index in [-0.39, 0.29) is 6.84 Å². The smallest absolute Gasteiger partial charge is 0.227 e. The fourth-order valence-electron chi connectivity index (χ4n) is 2.82. The second kappa shape index (κ2) is 3.89. The van der Waals surface area contributed by atoms with E-state index in [1.165, 1.54) is 13.0 Å². The molecule has 0 aromatic carbocycles. The predicted octanol–water partition coefficient (Wildman–Crippen LogP) is 1.24. The monoisotopic (exact) mass is 198 g/mol. The van der Waals surface area contributed by atoms with Crippen molar-refractivity contribution in [2.75, 3.05) is 26.2 Å². The van der Waals surface area contributed by atoms with Crippen LogP contribution in [0.3, 0.4) is 0 Å². The van der Waals surface area contributed by atoms with Crippen LogP contribution in [-0.4, -0.2) is 37.0 Å². The third-order valence-corrected chi connectivity index (χ3v) is 3.70. The van der Waals surface area contributed by atoms with Gasteiger partial charge in [-0.05, 0) is 38.8 Å². The summed E-state index contributed by atoms with van der Waals surface area (Å²) in [5.74, 6) is 0.307. The van der Waals surface area contributed by atoms with Crippen molar-refractivity contribution in [2.45, 2.75) is 32.6 Å². The zero-order valence-corrected chi connectivity index (χ0v) is 9.01. The molecule has 1 atom stereocenters. The molecule has 1 amide bonds. The number of likely N-dealkylation sites (tertiary alicyclic amines) is 1. The van der Waals surface area contributed by atoms with Crippen molar-refractivity contribution in [2.24, 2.45) is 5.41 Å². The highest BCUT2D eigenvalue weighted by atomic mass is 16.2. The van der Waals surface area contributed by atoms with Crippen LogP contribution >= 0.6 is 0 Å². The molecule has 2 aliphatic heterocycles. The number of piperidine rings is 2. The molecule has 0 aromatic rings. The van der Waals surface area contributed by atoms with E-state index >= 15 is 0 Å². The van der Waals surface area contributed by atoms with Crippen molar-refractivity contribution in [3.63, 3.8) is 0 Å². The minimum absolute atomic E-state index is 0. The highest BCUT2D eigenvalue weighted by Gasteiger charge is 2.42. The van der Waals surface area contributed by atoms with Crippen molar-refractivity contribution >= 4 is 5.91 Å². The SMILES string of the molecule is CCN1CCCC2(CCCNC2=O)C1.[HH]. The minimum atomic E-state index is -0.0352. The average Bonchev–Trinajstić information content (AvgIpc) is 2.23. The first kappa shape index (κ1) is 9.97. The van der Waals surface area contributed by atoms with E-state index in [0.717, 1.165) is 38.9 Å². The van der Waals surface area contributed by atoms with Crippen LogP contribution in [-0.2, 0) is 4.79 Å². The summed E-state index contributed by atoms with van der Waals surface area (Å²) in [6.45, 7) is 6.29. The molecule has 2 heterocycles. The first-order valence-corrected chi connectivity index (χ1v) is 5.77. The average molecular weight is 198 g/mol. The Hall–Kier alpha value is -0.570. The standard InChI is InChI=1S/C11H20N2O.H2/c1-2-13-8-4-6-11(9-13)5-3-7-12-10(11)14;/h2-9H2,1H3,(H,12,14);1H. The number of carbonyl (C=O) groups is 1. The topological polar surface area (TPSA) is 32.3 Å². The quantitative estimate of drug-likeness (QED) is 0.687. The Labute approximate surface area is 87.3 Å². The molecule has 0 aliphatic carbocycles. The molecular formula is C11H22N2O. The summed E-state index contributed by atoms with van der Waals surface area (Å²) in [7, 11) is 0. The zero-order valence-electron chi connectivity index (χ0n) is 9.01. The van der Waals surface area contributed by atoms with Gasteiger partial charge >= 0.3 is 0 Å². The lowest BCUT2D eigenvalue weighted by atomic mass is 9.73. The van der Waals surface area contributed by atoms with Crippen LogP contribution in [0.2, 0.25) is 0 Å².